The third kappa shape index (κ3) is 4.96. The Morgan fingerprint density at radius 3 is 2.33 bits per heavy atom. The Balaban J connectivity index is 1.80. The molecule has 0 spiro atoms. The van der Waals surface area contributed by atoms with Crippen LogP contribution in [0.4, 0.5) is 0 Å². The van der Waals surface area contributed by atoms with E-state index in [1.165, 1.54) is 77.4 Å². The summed E-state index contributed by atoms with van der Waals surface area (Å²) in [6.45, 7) is 12.1. The van der Waals surface area contributed by atoms with Crippen molar-refractivity contribution in [2.24, 2.45) is 22.5 Å². The first-order chi connectivity index (χ1) is 9.95. The molecule has 1 heterocycles. The highest BCUT2D eigenvalue weighted by Gasteiger charge is 2.32. The molecule has 2 aliphatic rings. The van der Waals surface area contributed by atoms with E-state index >= 15 is 0 Å². The Bertz CT molecular complexity index is 299. The molecule has 0 radical (unpaired) electrons. The van der Waals surface area contributed by atoms with E-state index in [1.54, 1.807) is 0 Å². The van der Waals surface area contributed by atoms with Gasteiger partial charge in [-0.2, -0.15) is 0 Å². The molecular weight excluding hydrogens is 256 g/mol. The van der Waals surface area contributed by atoms with Crippen molar-refractivity contribution in [3.05, 3.63) is 0 Å². The average Bonchev–Trinajstić information content (AvgIpc) is 2.71. The number of hydrogen-bond donors (Lipinski definition) is 1. The predicted octanol–water partition coefficient (Wildman–Crippen LogP) is 4.43. The lowest BCUT2D eigenvalue weighted by molar-refractivity contribution is 0.145. The van der Waals surface area contributed by atoms with Crippen LogP contribution in [0.1, 0.15) is 78.6 Å². The van der Waals surface area contributed by atoms with Crippen LogP contribution < -0.4 is 5.73 Å². The molecule has 2 nitrogen and oxygen atoms in total. The molecule has 2 fully saturated rings. The van der Waals surface area contributed by atoms with Crippen molar-refractivity contribution >= 4 is 0 Å². The van der Waals surface area contributed by atoms with Gasteiger partial charge in [-0.05, 0) is 81.5 Å². The maximum Gasteiger partial charge on any atom is -0.00130 e. The smallest absolute Gasteiger partial charge is 0.00130 e. The fourth-order valence-electron chi connectivity index (χ4n) is 4.50. The van der Waals surface area contributed by atoms with E-state index in [0.29, 0.717) is 10.8 Å². The summed E-state index contributed by atoms with van der Waals surface area (Å²) >= 11 is 0. The van der Waals surface area contributed by atoms with E-state index in [4.69, 9.17) is 5.73 Å². The van der Waals surface area contributed by atoms with E-state index in [-0.39, 0.29) is 0 Å². The van der Waals surface area contributed by atoms with E-state index < -0.39 is 0 Å². The summed E-state index contributed by atoms with van der Waals surface area (Å²) in [6.07, 6.45) is 12.5. The molecule has 0 amide bonds. The van der Waals surface area contributed by atoms with E-state index in [9.17, 15) is 0 Å². The van der Waals surface area contributed by atoms with E-state index in [2.05, 4.69) is 25.7 Å². The predicted molar refractivity (Wildman–Crippen MR) is 92.4 cm³/mol. The van der Waals surface area contributed by atoms with Gasteiger partial charge in [0.25, 0.3) is 0 Å². The third-order valence-electron chi connectivity index (χ3n) is 6.35. The van der Waals surface area contributed by atoms with Crippen molar-refractivity contribution in [2.75, 3.05) is 26.2 Å². The van der Waals surface area contributed by atoms with Gasteiger partial charge in [-0.25, -0.2) is 0 Å². The van der Waals surface area contributed by atoms with Crippen molar-refractivity contribution in [1.29, 1.82) is 0 Å². The van der Waals surface area contributed by atoms with Gasteiger partial charge in [0.15, 0.2) is 0 Å². The zero-order chi connectivity index (χ0) is 15.3. The average molecular weight is 295 g/mol. The summed E-state index contributed by atoms with van der Waals surface area (Å²) in [6, 6.07) is 0. The van der Waals surface area contributed by atoms with Gasteiger partial charge in [-0.3, -0.25) is 0 Å². The molecule has 1 saturated carbocycles. The summed E-state index contributed by atoms with van der Waals surface area (Å²) in [7, 11) is 0. The van der Waals surface area contributed by atoms with Crippen molar-refractivity contribution in [3.8, 4) is 0 Å². The lowest BCUT2D eigenvalue weighted by atomic mass is 9.72. The van der Waals surface area contributed by atoms with Gasteiger partial charge in [0.05, 0.1) is 0 Å². The molecule has 1 unspecified atom stereocenters. The minimum Gasteiger partial charge on any atom is -0.330 e. The summed E-state index contributed by atoms with van der Waals surface area (Å²) in [5.74, 6) is 0.903. The Hall–Kier alpha value is -0.0800. The van der Waals surface area contributed by atoms with Crippen LogP contribution in [0.3, 0.4) is 0 Å². The molecule has 1 atom stereocenters. The topological polar surface area (TPSA) is 29.3 Å². The maximum absolute atomic E-state index is 6.15. The molecule has 21 heavy (non-hydrogen) atoms. The first-order valence-corrected chi connectivity index (χ1v) is 9.38. The molecule has 2 heteroatoms. The zero-order valence-electron chi connectivity index (χ0n) is 14.8. The molecule has 0 aromatic heterocycles. The van der Waals surface area contributed by atoms with Crippen LogP contribution in [0.25, 0.3) is 0 Å². The lowest BCUT2D eigenvalue weighted by Gasteiger charge is -2.38. The third-order valence-corrected chi connectivity index (χ3v) is 6.35. The second-order valence-corrected chi connectivity index (χ2v) is 8.85. The Kier molecular flexibility index (Phi) is 6.14. The first kappa shape index (κ1) is 17.3. The van der Waals surface area contributed by atoms with Crippen molar-refractivity contribution < 1.29 is 0 Å². The van der Waals surface area contributed by atoms with Gasteiger partial charge in [0.1, 0.15) is 0 Å². The molecule has 0 aromatic carbocycles. The van der Waals surface area contributed by atoms with Gasteiger partial charge >= 0.3 is 0 Å². The van der Waals surface area contributed by atoms with Crippen LogP contribution >= 0.6 is 0 Å². The van der Waals surface area contributed by atoms with Gasteiger partial charge < -0.3 is 10.6 Å². The minimum absolute atomic E-state index is 0.480. The molecular formula is C19H38N2. The van der Waals surface area contributed by atoms with Crippen molar-refractivity contribution in [1.82, 2.24) is 4.90 Å². The maximum atomic E-state index is 6.15. The van der Waals surface area contributed by atoms with Crippen LogP contribution in [0, 0.1) is 16.7 Å². The van der Waals surface area contributed by atoms with Crippen LogP contribution in [0.2, 0.25) is 0 Å². The number of hydrogen-bond acceptors (Lipinski definition) is 2. The Morgan fingerprint density at radius 1 is 1.00 bits per heavy atom. The minimum atomic E-state index is 0.480. The molecule has 1 aliphatic carbocycles. The number of nitrogens with zero attached hydrogens (tertiary/aromatic N) is 1. The molecule has 1 aliphatic heterocycles. The largest absolute Gasteiger partial charge is 0.330 e. The van der Waals surface area contributed by atoms with Crippen LogP contribution in [-0.4, -0.2) is 31.1 Å². The second-order valence-electron chi connectivity index (χ2n) is 8.85. The van der Waals surface area contributed by atoms with Gasteiger partial charge in [-0.1, -0.05) is 40.0 Å². The van der Waals surface area contributed by atoms with Gasteiger partial charge in [-0.15, -0.1) is 0 Å². The van der Waals surface area contributed by atoms with Crippen LogP contribution in [0.5, 0.6) is 0 Å². The lowest BCUT2D eigenvalue weighted by Crippen LogP contribution is -2.37. The van der Waals surface area contributed by atoms with Gasteiger partial charge in [0.2, 0.25) is 0 Å². The molecule has 2 N–H and O–H groups in total. The molecule has 1 saturated heterocycles. The normalized spacial score (nSPS) is 28.3. The summed E-state index contributed by atoms with van der Waals surface area (Å²) in [5, 5.41) is 0. The van der Waals surface area contributed by atoms with Crippen molar-refractivity contribution in [3.63, 3.8) is 0 Å². The number of likely N-dealkylation sites (tertiary alicyclic amines) is 1. The SMILES string of the molecule is CC(C)(C)C1CCCN(CCC2(CN)CCCCC2)CC1. The van der Waals surface area contributed by atoms with Crippen LogP contribution in [0.15, 0.2) is 0 Å². The fraction of sp³-hybridized carbons (Fsp3) is 1.00. The van der Waals surface area contributed by atoms with Crippen molar-refractivity contribution in [2.45, 2.75) is 78.6 Å². The fourth-order valence-corrected chi connectivity index (χ4v) is 4.50. The summed E-state index contributed by atoms with van der Waals surface area (Å²) < 4.78 is 0. The molecule has 0 aromatic rings. The second kappa shape index (κ2) is 7.46. The summed E-state index contributed by atoms with van der Waals surface area (Å²) in [4.78, 5) is 2.73. The first-order valence-electron chi connectivity index (χ1n) is 9.38. The molecule has 124 valence electrons. The standard InChI is InChI=1S/C19H38N2/c1-18(2,3)17-8-7-13-21(14-9-17)15-12-19(16-20)10-5-4-6-11-19/h17H,4-16,20H2,1-3H3. The Labute approximate surface area is 132 Å². The monoisotopic (exact) mass is 294 g/mol. The highest BCUT2D eigenvalue weighted by Crippen LogP contribution is 2.39. The van der Waals surface area contributed by atoms with Crippen LogP contribution in [-0.2, 0) is 0 Å². The highest BCUT2D eigenvalue weighted by molar-refractivity contribution is 4.86. The zero-order valence-corrected chi connectivity index (χ0v) is 14.8. The highest BCUT2D eigenvalue weighted by atomic mass is 15.1. The quantitative estimate of drug-likeness (QED) is 0.831. The molecule has 2 rings (SSSR count). The number of rotatable bonds is 4. The van der Waals surface area contributed by atoms with E-state index in [0.717, 1.165) is 12.5 Å². The van der Waals surface area contributed by atoms with Gasteiger partial charge in [0, 0.05) is 0 Å². The summed E-state index contributed by atoms with van der Waals surface area (Å²) in [5.41, 5.74) is 7.11. The Morgan fingerprint density at radius 2 is 1.71 bits per heavy atom. The number of nitrogens with two attached hydrogens (primary N) is 1. The molecule has 0 bridgehead atoms. The van der Waals surface area contributed by atoms with E-state index in [1.807, 2.05) is 0 Å².